The average molecular weight is 337 g/mol. The number of sulfonamides is 1. The molecule has 0 amide bonds. The van der Waals surface area contributed by atoms with E-state index >= 15 is 0 Å². The first kappa shape index (κ1) is 16.9. The van der Waals surface area contributed by atoms with E-state index in [4.69, 9.17) is 0 Å². The van der Waals surface area contributed by atoms with Gasteiger partial charge in [0.2, 0.25) is 10.0 Å². The Morgan fingerprint density at radius 3 is 2.48 bits per heavy atom. The Balaban J connectivity index is 1.65. The molecule has 0 saturated carbocycles. The molecule has 1 aromatic carbocycles. The summed E-state index contributed by atoms with van der Waals surface area (Å²) in [6.45, 7) is 5.63. The number of likely N-dealkylation sites (tertiary alicyclic amines) is 2. The molecule has 1 atom stereocenters. The molecule has 0 aliphatic carbocycles. The van der Waals surface area contributed by atoms with E-state index in [-0.39, 0.29) is 0 Å². The number of piperidine rings is 1. The third kappa shape index (κ3) is 3.76. The van der Waals surface area contributed by atoms with Crippen LogP contribution in [-0.2, 0) is 16.6 Å². The highest BCUT2D eigenvalue weighted by atomic mass is 32.2. The fourth-order valence-electron chi connectivity index (χ4n) is 4.09. The summed E-state index contributed by atoms with van der Waals surface area (Å²) in [6, 6.07) is 7.27. The Morgan fingerprint density at radius 1 is 1.13 bits per heavy atom. The van der Waals surface area contributed by atoms with Crippen LogP contribution in [0, 0.1) is 5.41 Å². The summed E-state index contributed by atoms with van der Waals surface area (Å²) in [5.74, 6) is 0. The SMILES string of the molecule is CNS(=O)(=O)c1ccc(CN2CCCC3(CCN(C)C3)C2)cc1. The molecule has 6 heteroatoms. The molecule has 1 aromatic rings. The van der Waals surface area contributed by atoms with Crippen LogP contribution < -0.4 is 4.72 Å². The van der Waals surface area contributed by atoms with Crippen molar-refractivity contribution in [3.63, 3.8) is 0 Å². The maximum Gasteiger partial charge on any atom is 0.240 e. The van der Waals surface area contributed by atoms with E-state index in [1.807, 2.05) is 12.1 Å². The molecule has 0 aromatic heterocycles. The van der Waals surface area contributed by atoms with Crippen LogP contribution in [0.4, 0.5) is 0 Å². The summed E-state index contributed by atoms with van der Waals surface area (Å²) in [6.07, 6.45) is 3.91. The molecule has 2 aliphatic heterocycles. The molecular formula is C17H27N3O2S. The maximum absolute atomic E-state index is 11.8. The molecule has 2 saturated heterocycles. The summed E-state index contributed by atoms with van der Waals surface area (Å²) in [4.78, 5) is 5.31. The van der Waals surface area contributed by atoms with E-state index < -0.39 is 10.0 Å². The second kappa shape index (κ2) is 6.51. The van der Waals surface area contributed by atoms with Crippen molar-refractivity contribution in [3.05, 3.63) is 29.8 Å². The minimum atomic E-state index is -3.34. The molecule has 1 N–H and O–H groups in total. The lowest BCUT2D eigenvalue weighted by Gasteiger charge is -2.40. The topological polar surface area (TPSA) is 52.7 Å². The highest BCUT2D eigenvalue weighted by molar-refractivity contribution is 7.89. The lowest BCUT2D eigenvalue weighted by atomic mass is 9.79. The molecule has 2 fully saturated rings. The standard InChI is InChI=1S/C17H27N3O2S/c1-18-23(21,22)16-6-4-15(5-7-16)12-20-10-3-8-17(14-20)9-11-19(2)13-17/h4-7,18H,3,8-14H2,1-2H3. The van der Waals surface area contributed by atoms with Crippen molar-refractivity contribution in [1.29, 1.82) is 0 Å². The largest absolute Gasteiger partial charge is 0.306 e. The summed E-state index contributed by atoms with van der Waals surface area (Å²) in [7, 11) is 0.315. The third-order valence-electron chi connectivity index (χ3n) is 5.28. The summed E-state index contributed by atoms with van der Waals surface area (Å²) >= 11 is 0. The predicted octanol–water partition coefficient (Wildman–Crippen LogP) is 1.51. The number of nitrogens with zero attached hydrogens (tertiary/aromatic N) is 2. The van der Waals surface area contributed by atoms with E-state index in [2.05, 4.69) is 21.6 Å². The molecule has 0 bridgehead atoms. The minimum absolute atomic E-state index is 0.330. The maximum atomic E-state index is 11.8. The van der Waals surface area contributed by atoms with Gasteiger partial charge in [-0.05, 0) is 69.6 Å². The first-order valence-electron chi connectivity index (χ1n) is 8.36. The van der Waals surface area contributed by atoms with Gasteiger partial charge in [-0.3, -0.25) is 4.90 Å². The zero-order valence-electron chi connectivity index (χ0n) is 14.1. The Kier molecular flexibility index (Phi) is 4.78. The van der Waals surface area contributed by atoms with Crippen LogP contribution in [0.15, 0.2) is 29.2 Å². The van der Waals surface area contributed by atoms with E-state index in [0.29, 0.717) is 10.3 Å². The molecule has 1 unspecified atom stereocenters. The Morgan fingerprint density at radius 2 is 1.87 bits per heavy atom. The van der Waals surface area contributed by atoms with Crippen molar-refractivity contribution in [2.24, 2.45) is 5.41 Å². The van der Waals surface area contributed by atoms with E-state index in [1.165, 1.54) is 45.0 Å². The van der Waals surface area contributed by atoms with Crippen molar-refractivity contribution in [2.75, 3.05) is 40.3 Å². The number of benzene rings is 1. The Bertz CT molecular complexity index is 640. The molecule has 5 nitrogen and oxygen atoms in total. The smallest absolute Gasteiger partial charge is 0.240 e. The van der Waals surface area contributed by atoms with Gasteiger partial charge in [0, 0.05) is 19.6 Å². The average Bonchev–Trinajstić information content (AvgIpc) is 2.88. The number of rotatable bonds is 4. The first-order valence-corrected chi connectivity index (χ1v) is 9.84. The lowest BCUT2D eigenvalue weighted by molar-refractivity contribution is 0.0900. The second-order valence-corrected chi connectivity index (χ2v) is 9.04. The van der Waals surface area contributed by atoms with E-state index in [1.54, 1.807) is 12.1 Å². The summed E-state index contributed by atoms with van der Waals surface area (Å²) in [5, 5.41) is 0. The zero-order chi connectivity index (χ0) is 16.5. The van der Waals surface area contributed by atoms with Crippen molar-refractivity contribution in [3.8, 4) is 0 Å². The number of hydrogen-bond acceptors (Lipinski definition) is 4. The molecule has 2 aliphatic rings. The quantitative estimate of drug-likeness (QED) is 0.905. The molecule has 23 heavy (non-hydrogen) atoms. The predicted molar refractivity (Wildman–Crippen MR) is 91.7 cm³/mol. The van der Waals surface area contributed by atoms with Gasteiger partial charge >= 0.3 is 0 Å². The fourth-order valence-corrected chi connectivity index (χ4v) is 4.82. The molecule has 0 radical (unpaired) electrons. The van der Waals surface area contributed by atoms with Crippen molar-refractivity contribution in [1.82, 2.24) is 14.5 Å². The Hall–Kier alpha value is -0.950. The van der Waals surface area contributed by atoms with Gasteiger partial charge in [0.15, 0.2) is 0 Å². The van der Waals surface area contributed by atoms with Crippen LogP contribution in [0.5, 0.6) is 0 Å². The van der Waals surface area contributed by atoms with Gasteiger partial charge in [-0.15, -0.1) is 0 Å². The molecule has 1 spiro atoms. The fraction of sp³-hybridized carbons (Fsp3) is 0.647. The number of hydrogen-bond donors (Lipinski definition) is 1. The van der Waals surface area contributed by atoms with Crippen LogP contribution in [0.25, 0.3) is 0 Å². The molecule has 128 valence electrons. The van der Waals surface area contributed by atoms with Gasteiger partial charge in [0.05, 0.1) is 4.90 Å². The van der Waals surface area contributed by atoms with Crippen molar-refractivity contribution < 1.29 is 8.42 Å². The second-order valence-electron chi connectivity index (χ2n) is 7.15. The van der Waals surface area contributed by atoms with Crippen molar-refractivity contribution >= 4 is 10.0 Å². The van der Waals surface area contributed by atoms with Crippen LogP contribution in [0.2, 0.25) is 0 Å². The van der Waals surface area contributed by atoms with Crippen LogP contribution in [0.3, 0.4) is 0 Å². The van der Waals surface area contributed by atoms with Gasteiger partial charge in [-0.25, -0.2) is 13.1 Å². The van der Waals surface area contributed by atoms with Gasteiger partial charge in [0.25, 0.3) is 0 Å². The van der Waals surface area contributed by atoms with E-state index in [9.17, 15) is 8.42 Å². The zero-order valence-corrected chi connectivity index (χ0v) is 14.9. The lowest BCUT2D eigenvalue weighted by Crippen LogP contribution is -2.44. The normalized spacial score (nSPS) is 26.9. The van der Waals surface area contributed by atoms with Crippen molar-refractivity contribution in [2.45, 2.75) is 30.7 Å². The third-order valence-corrected chi connectivity index (χ3v) is 6.71. The molecule has 2 heterocycles. The van der Waals surface area contributed by atoms with Gasteiger partial charge in [-0.1, -0.05) is 12.1 Å². The highest BCUT2D eigenvalue weighted by Gasteiger charge is 2.39. The van der Waals surface area contributed by atoms with Crippen LogP contribution in [0.1, 0.15) is 24.8 Å². The number of nitrogens with one attached hydrogen (secondary N) is 1. The van der Waals surface area contributed by atoms with Crippen LogP contribution >= 0.6 is 0 Å². The van der Waals surface area contributed by atoms with Gasteiger partial charge < -0.3 is 4.90 Å². The summed E-state index contributed by atoms with van der Waals surface area (Å²) in [5.41, 5.74) is 1.66. The minimum Gasteiger partial charge on any atom is -0.306 e. The molecule has 3 rings (SSSR count). The summed E-state index contributed by atoms with van der Waals surface area (Å²) < 4.78 is 25.9. The highest BCUT2D eigenvalue weighted by Crippen LogP contribution is 2.38. The Labute approximate surface area is 139 Å². The van der Waals surface area contributed by atoms with E-state index in [0.717, 1.165) is 19.6 Å². The van der Waals surface area contributed by atoms with Gasteiger partial charge in [-0.2, -0.15) is 0 Å². The van der Waals surface area contributed by atoms with Crippen LogP contribution in [-0.4, -0.2) is 58.5 Å². The monoisotopic (exact) mass is 337 g/mol. The van der Waals surface area contributed by atoms with Gasteiger partial charge in [0.1, 0.15) is 0 Å². The molecular weight excluding hydrogens is 310 g/mol. The first-order chi connectivity index (χ1) is 10.9.